The molecule has 0 radical (unpaired) electrons. The molecule has 1 aromatic carbocycles. The van der Waals surface area contributed by atoms with Gasteiger partial charge in [-0.05, 0) is 18.6 Å². The number of hydrogen-bond donors (Lipinski definition) is 1. The Hall–Kier alpha value is -2.37. The number of phenols is 1. The summed E-state index contributed by atoms with van der Waals surface area (Å²) >= 11 is 0. The molecule has 1 aromatic rings. The Morgan fingerprint density at radius 1 is 1.38 bits per heavy atom. The fourth-order valence-corrected chi connectivity index (χ4v) is 1.32. The van der Waals surface area contributed by atoms with E-state index in [0.717, 1.165) is 19.3 Å². The zero-order valence-corrected chi connectivity index (χ0v) is 12.2. The standard InChI is InChI=1S/C9H16O2.C6H5NO3/c1-3-5-6-7-9(10)11-8-4-2;8-6-3-1-5(2-4-6)7(9)10/h4H,2-3,5-8H2,1H3;1-4,8H. The minimum atomic E-state index is -0.514. The van der Waals surface area contributed by atoms with E-state index in [4.69, 9.17) is 9.84 Å². The van der Waals surface area contributed by atoms with Crippen molar-refractivity contribution in [1.82, 2.24) is 0 Å². The van der Waals surface area contributed by atoms with Gasteiger partial charge in [-0.15, -0.1) is 0 Å². The third-order valence-corrected chi connectivity index (χ3v) is 2.41. The molecule has 0 aliphatic carbocycles. The zero-order valence-electron chi connectivity index (χ0n) is 12.2. The first-order valence-corrected chi connectivity index (χ1v) is 6.71. The van der Waals surface area contributed by atoms with Crippen LogP contribution in [0.4, 0.5) is 5.69 Å². The van der Waals surface area contributed by atoms with Crippen molar-refractivity contribution in [2.24, 2.45) is 0 Å². The molecule has 0 aliphatic heterocycles. The number of benzene rings is 1. The van der Waals surface area contributed by atoms with Crippen LogP contribution >= 0.6 is 0 Å². The van der Waals surface area contributed by atoms with Crippen molar-refractivity contribution >= 4 is 11.7 Å². The lowest BCUT2D eigenvalue weighted by molar-refractivity contribution is -0.384. The minimum Gasteiger partial charge on any atom is -0.508 e. The molecule has 0 saturated heterocycles. The second kappa shape index (κ2) is 11.5. The van der Waals surface area contributed by atoms with Crippen molar-refractivity contribution in [2.45, 2.75) is 32.6 Å². The first kappa shape index (κ1) is 18.6. The molecule has 0 aliphatic rings. The lowest BCUT2D eigenvalue weighted by Crippen LogP contribution is -2.03. The van der Waals surface area contributed by atoms with Gasteiger partial charge in [0.15, 0.2) is 0 Å². The van der Waals surface area contributed by atoms with Crippen molar-refractivity contribution in [3.8, 4) is 5.75 Å². The first-order valence-electron chi connectivity index (χ1n) is 6.71. The predicted octanol–water partition coefficient (Wildman–Crippen LogP) is 3.60. The van der Waals surface area contributed by atoms with Crippen LogP contribution in [0, 0.1) is 10.1 Å². The summed E-state index contributed by atoms with van der Waals surface area (Å²) in [6.07, 6.45) is 5.30. The van der Waals surface area contributed by atoms with Gasteiger partial charge in [-0.2, -0.15) is 0 Å². The summed E-state index contributed by atoms with van der Waals surface area (Å²) in [5.41, 5.74) is -0.0159. The van der Waals surface area contributed by atoms with Crippen molar-refractivity contribution < 1.29 is 19.6 Å². The Morgan fingerprint density at radius 2 is 2.00 bits per heavy atom. The zero-order chi connectivity index (χ0) is 16.1. The largest absolute Gasteiger partial charge is 0.508 e. The summed E-state index contributed by atoms with van der Waals surface area (Å²) in [7, 11) is 0. The van der Waals surface area contributed by atoms with Gasteiger partial charge in [-0.3, -0.25) is 14.9 Å². The Kier molecular flexibility index (Phi) is 10.2. The van der Waals surface area contributed by atoms with Gasteiger partial charge in [-0.25, -0.2) is 0 Å². The molecule has 1 rings (SSSR count). The number of carbonyl (C=O) groups excluding carboxylic acids is 1. The maximum Gasteiger partial charge on any atom is 0.306 e. The van der Waals surface area contributed by atoms with Gasteiger partial charge in [0.1, 0.15) is 12.4 Å². The second-order valence-corrected chi connectivity index (χ2v) is 4.20. The molecule has 21 heavy (non-hydrogen) atoms. The summed E-state index contributed by atoms with van der Waals surface area (Å²) in [5, 5.41) is 18.8. The van der Waals surface area contributed by atoms with E-state index in [9.17, 15) is 14.9 Å². The van der Waals surface area contributed by atoms with Gasteiger partial charge in [0, 0.05) is 18.6 Å². The van der Waals surface area contributed by atoms with Crippen LogP contribution < -0.4 is 0 Å². The number of hydrogen-bond acceptors (Lipinski definition) is 5. The smallest absolute Gasteiger partial charge is 0.306 e. The van der Waals surface area contributed by atoms with Crippen molar-refractivity contribution in [2.75, 3.05) is 6.61 Å². The molecule has 0 saturated carbocycles. The highest BCUT2D eigenvalue weighted by atomic mass is 16.6. The van der Waals surface area contributed by atoms with Crippen LogP contribution in [-0.4, -0.2) is 22.6 Å². The van der Waals surface area contributed by atoms with E-state index >= 15 is 0 Å². The lowest BCUT2D eigenvalue weighted by Gasteiger charge is -1.99. The molecule has 0 unspecified atom stereocenters. The minimum absolute atomic E-state index is 0.0159. The van der Waals surface area contributed by atoms with Crippen LogP contribution in [0.25, 0.3) is 0 Å². The van der Waals surface area contributed by atoms with Crippen LogP contribution in [-0.2, 0) is 9.53 Å². The molecule has 0 aromatic heterocycles. The number of rotatable bonds is 7. The number of unbranched alkanes of at least 4 members (excludes halogenated alkanes) is 2. The molecule has 0 bridgehead atoms. The highest BCUT2D eigenvalue weighted by molar-refractivity contribution is 5.69. The summed E-state index contributed by atoms with van der Waals surface area (Å²) in [6.45, 7) is 5.90. The summed E-state index contributed by atoms with van der Waals surface area (Å²) in [6, 6.07) is 5.04. The molecule has 0 amide bonds. The normalized spacial score (nSPS) is 9.19. The van der Waals surface area contributed by atoms with Crippen LogP contribution in [0.15, 0.2) is 36.9 Å². The fraction of sp³-hybridized carbons (Fsp3) is 0.400. The number of nitrogens with zero attached hydrogens (tertiary/aromatic N) is 1. The number of carbonyl (C=O) groups is 1. The van der Waals surface area contributed by atoms with Gasteiger partial charge in [0.05, 0.1) is 4.92 Å². The molecular formula is C15H21NO5. The van der Waals surface area contributed by atoms with Gasteiger partial charge >= 0.3 is 5.97 Å². The Morgan fingerprint density at radius 3 is 2.48 bits per heavy atom. The van der Waals surface area contributed by atoms with E-state index < -0.39 is 4.92 Å². The summed E-state index contributed by atoms with van der Waals surface area (Å²) < 4.78 is 4.78. The Bertz CT molecular complexity index is 442. The third-order valence-electron chi connectivity index (χ3n) is 2.41. The van der Waals surface area contributed by atoms with Crippen molar-refractivity contribution in [1.29, 1.82) is 0 Å². The highest BCUT2D eigenvalue weighted by Crippen LogP contribution is 2.14. The number of non-ortho nitro benzene ring substituents is 1. The monoisotopic (exact) mass is 295 g/mol. The first-order chi connectivity index (χ1) is 10.0. The van der Waals surface area contributed by atoms with Gasteiger partial charge < -0.3 is 9.84 Å². The molecule has 116 valence electrons. The van der Waals surface area contributed by atoms with Crippen LogP contribution in [0.5, 0.6) is 5.75 Å². The fourth-order valence-electron chi connectivity index (χ4n) is 1.32. The predicted molar refractivity (Wildman–Crippen MR) is 80.1 cm³/mol. The molecule has 6 heteroatoms. The molecule has 0 spiro atoms. The van der Waals surface area contributed by atoms with Gasteiger partial charge in [0.2, 0.25) is 0 Å². The van der Waals surface area contributed by atoms with Crippen LogP contribution in [0.3, 0.4) is 0 Å². The van der Waals surface area contributed by atoms with E-state index in [1.165, 1.54) is 24.3 Å². The maximum absolute atomic E-state index is 10.8. The van der Waals surface area contributed by atoms with Crippen molar-refractivity contribution in [3.05, 3.63) is 47.0 Å². The number of phenolic OH excluding ortho intramolecular Hbond substituents is 1. The maximum atomic E-state index is 10.8. The van der Waals surface area contributed by atoms with E-state index in [2.05, 4.69) is 13.5 Å². The number of esters is 1. The number of nitro groups is 1. The number of nitro benzene ring substituents is 1. The Balaban J connectivity index is 0.000000382. The number of aromatic hydroxyl groups is 1. The quantitative estimate of drug-likeness (QED) is 0.273. The van der Waals surface area contributed by atoms with Crippen LogP contribution in [0.2, 0.25) is 0 Å². The van der Waals surface area contributed by atoms with E-state index in [0.29, 0.717) is 13.0 Å². The summed E-state index contributed by atoms with van der Waals surface area (Å²) in [4.78, 5) is 20.3. The van der Waals surface area contributed by atoms with Gasteiger partial charge in [0.25, 0.3) is 5.69 Å². The molecular weight excluding hydrogens is 274 g/mol. The average molecular weight is 295 g/mol. The molecule has 6 nitrogen and oxygen atoms in total. The number of ether oxygens (including phenoxy) is 1. The Labute approximate surface area is 124 Å². The molecule has 0 heterocycles. The van der Waals surface area contributed by atoms with E-state index in [1.54, 1.807) is 6.08 Å². The summed E-state index contributed by atoms with van der Waals surface area (Å²) in [5.74, 6) is -0.0797. The SMILES string of the molecule is C=CCOC(=O)CCCCC.O=[N+]([O-])c1ccc(O)cc1. The molecule has 1 N–H and O–H groups in total. The topological polar surface area (TPSA) is 89.7 Å². The molecule has 0 atom stereocenters. The highest BCUT2D eigenvalue weighted by Gasteiger charge is 2.01. The second-order valence-electron chi connectivity index (χ2n) is 4.20. The van der Waals surface area contributed by atoms with E-state index in [1.807, 2.05) is 0 Å². The van der Waals surface area contributed by atoms with Gasteiger partial charge in [-0.1, -0.05) is 32.4 Å². The lowest BCUT2D eigenvalue weighted by atomic mass is 10.2. The van der Waals surface area contributed by atoms with Crippen LogP contribution in [0.1, 0.15) is 32.6 Å². The van der Waals surface area contributed by atoms with Crippen molar-refractivity contribution in [3.63, 3.8) is 0 Å². The molecule has 0 fully saturated rings. The van der Waals surface area contributed by atoms with E-state index in [-0.39, 0.29) is 17.4 Å². The average Bonchev–Trinajstić information content (AvgIpc) is 2.46. The third kappa shape index (κ3) is 10.1.